The van der Waals surface area contributed by atoms with E-state index in [-0.39, 0.29) is 0 Å². The second kappa shape index (κ2) is 8.45. The van der Waals surface area contributed by atoms with Crippen molar-refractivity contribution < 1.29 is 4.79 Å². The topological polar surface area (TPSA) is 59.4 Å². The molecule has 0 saturated carbocycles. The molecule has 144 valence electrons. The maximum Gasteiger partial charge on any atom is 0.339 e. The molecular weight excluding hydrogens is 348 g/mol. The number of hydrogen-bond donors (Lipinski definition) is 1. The predicted octanol–water partition coefficient (Wildman–Crippen LogP) is 4.36. The first-order valence-corrected chi connectivity index (χ1v) is 10.2. The number of para-hydroxylation sites is 1. The number of amides is 2. The number of hydrogen-bond acceptors (Lipinski definition) is 3. The van der Waals surface area contributed by atoms with Gasteiger partial charge in [0.2, 0.25) is 0 Å². The maximum atomic E-state index is 12.6. The summed E-state index contributed by atoms with van der Waals surface area (Å²) in [6, 6.07) is 16.0. The van der Waals surface area contributed by atoms with Gasteiger partial charge in [-0.05, 0) is 87.0 Å². The number of benzene rings is 2. The molecular formula is C23H26N4O. The Morgan fingerprint density at radius 1 is 1.00 bits per heavy atom. The number of fused-ring (bicyclic) bond motifs is 1. The van der Waals surface area contributed by atoms with Crippen molar-refractivity contribution in [2.45, 2.75) is 44.6 Å². The van der Waals surface area contributed by atoms with Crippen LogP contribution in [0.3, 0.4) is 0 Å². The van der Waals surface area contributed by atoms with E-state index >= 15 is 0 Å². The molecule has 1 atom stereocenters. The summed E-state index contributed by atoms with van der Waals surface area (Å²) in [6.45, 7) is 2.48. The van der Waals surface area contributed by atoms with Gasteiger partial charge in [0.15, 0.2) is 6.19 Å². The van der Waals surface area contributed by atoms with Crippen molar-refractivity contribution >= 4 is 17.4 Å². The molecule has 28 heavy (non-hydrogen) atoms. The standard InChI is InChI=1S/C23H26N4O/c24-17-25-23(28)27(21-6-2-1-3-7-21)22-13-9-18-8-11-20(12-10-19(18)16-22)26-14-4-5-15-26/h1-3,6-7,9,13,16,20H,4-5,8,10-12,14-15H2,(H,25,28)/t20-/m0/s1. The average Bonchev–Trinajstić information content (AvgIpc) is 3.17. The van der Waals surface area contributed by atoms with Crippen LogP contribution >= 0.6 is 0 Å². The molecule has 1 aliphatic carbocycles. The van der Waals surface area contributed by atoms with Gasteiger partial charge >= 0.3 is 6.03 Å². The van der Waals surface area contributed by atoms with Gasteiger partial charge in [0, 0.05) is 6.04 Å². The second-order valence-electron chi connectivity index (χ2n) is 7.64. The molecule has 1 fully saturated rings. The van der Waals surface area contributed by atoms with Gasteiger partial charge in [0.1, 0.15) is 0 Å². The van der Waals surface area contributed by atoms with Crippen LogP contribution in [0.4, 0.5) is 16.2 Å². The normalized spacial score (nSPS) is 19.3. The Morgan fingerprint density at radius 2 is 1.71 bits per heavy atom. The highest BCUT2D eigenvalue weighted by molar-refractivity contribution is 6.00. The minimum atomic E-state index is -0.433. The lowest BCUT2D eigenvalue weighted by Crippen LogP contribution is -2.34. The summed E-state index contributed by atoms with van der Waals surface area (Å²) in [4.78, 5) is 16.8. The first kappa shape index (κ1) is 18.5. The fourth-order valence-electron chi connectivity index (χ4n) is 4.55. The number of nitrogens with one attached hydrogen (secondary N) is 1. The molecule has 1 aliphatic heterocycles. The molecule has 1 heterocycles. The third-order valence-corrected chi connectivity index (χ3v) is 5.98. The SMILES string of the molecule is N#CNC(=O)N(c1ccccc1)c1ccc2c(c1)CC[C@@H](N1CCCC1)CC2. The molecule has 2 aromatic carbocycles. The van der Waals surface area contributed by atoms with Gasteiger partial charge in [-0.3, -0.25) is 4.90 Å². The summed E-state index contributed by atoms with van der Waals surface area (Å²) >= 11 is 0. The number of nitrogens with zero attached hydrogens (tertiary/aromatic N) is 3. The van der Waals surface area contributed by atoms with Crippen LogP contribution in [0, 0.1) is 11.5 Å². The van der Waals surface area contributed by atoms with Gasteiger partial charge in [-0.2, -0.15) is 5.26 Å². The second-order valence-corrected chi connectivity index (χ2v) is 7.64. The monoisotopic (exact) mass is 374 g/mol. The van der Waals surface area contributed by atoms with Gasteiger partial charge in [-0.15, -0.1) is 0 Å². The summed E-state index contributed by atoms with van der Waals surface area (Å²) in [5.74, 6) is 0. The minimum Gasteiger partial charge on any atom is -0.300 e. The zero-order valence-corrected chi connectivity index (χ0v) is 16.1. The summed E-state index contributed by atoms with van der Waals surface area (Å²) in [7, 11) is 0. The number of anilines is 2. The average molecular weight is 374 g/mol. The molecule has 0 radical (unpaired) electrons. The van der Waals surface area contributed by atoms with Crippen molar-refractivity contribution in [1.82, 2.24) is 10.2 Å². The molecule has 0 spiro atoms. The van der Waals surface area contributed by atoms with Crippen LogP contribution in [0.5, 0.6) is 0 Å². The van der Waals surface area contributed by atoms with Crippen LogP contribution in [-0.2, 0) is 12.8 Å². The fraction of sp³-hybridized carbons (Fsp3) is 0.391. The molecule has 2 amide bonds. The van der Waals surface area contributed by atoms with E-state index in [1.165, 1.54) is 49.9 Å². The number of likely N-dealkylation sites (tertiary alicyclic amines) is 1. The Bertz CT molecular complexity index is 868. The number of aryl methyl sites for hydroxylation is 2. The zero-order valence-electron chi connectivity index (χ0n) is 16.1. The number of nitriles is 1. The molecule has 5 nitrogen and oxygen atoms in total. The summed E-state index contributed by atoms with van der Waals surface area (Å²) < 4.78 is 0. The van der Waals surface area contributed by atoms with E-state index in [1.54, 1.807) is 11.1 Å². The van der Waals surface area contributed by atoms with Crippen LogP contribution in [0.25, 0.3) is 0 Å². The Kier molecular flexibility index (Phi) is 5.59. The first-order valence-electron chi connectivity index (χ1n) is 10.2. The van der Waals surface area contributed by atoms with Crippen molar-refractivity contribution in [1.29, 1.82) is 5.26 Å². The van der Waals surface area contributed by atoms with Gasteiger partial charge in [0.25, 0.3) is 0 Å². The summed E-state index contributed by atoms with van der Waals surface area (Å²) in [6.07, 6.45) is 8.91. The quantitative estimate of drug-likeness (QED) is 0.493. The van der Waals surface area contributed by atoms with Crippen LogP contribution < -0.4 is 10.2 Å². The van der Waals surface area contributed by atoms with E-state index < -0.39 is 6.03 Å². The van der Waals surface area contributed by atoms with E-state index in [0.717, 1.165) is 24.2 Å². The maximum absolute atomic E-state index is 12.6. The lowest BCUT2D eigenvalue weighted by molar-refractivity contribution is 0.222. The smallest absolute Gasteiger partial charge is 0.300 e. The number of urea groups is 1. The van der Waals surface area contributed by atoms with Crippen LogP contribution in [0.2, 0.25) is 0 Å². The number of carbonyl (C=O) groups excluding carboxylic acids is 1. The Morgan fingerprint density at radius 3 is 2.43 bits per heavy atom. The van der Waals surface area contributed by atoms with Crippen molar-refractivity contribution in [2.75, 3.05) is 18.0 Å². The molecule has 0 aromatic heterocycles. The first-order chi connectivity index (χ1) is 13.8. The zero-order chi connectivity index (χ0) is 19.3. The van der Waals surface area contributed by atoms with E-state index in [4.69, 9.17) is 5.26 Å². The van der Waals surface area contributed by atoms with Gasteiger partial charge in [0.05, 0.1) is 11.4 Å². The van der Waals surface area contributed by atoms with Gasteiger partial charge in [-0.25, -0.2) is 10.1 Å². The number of carbonyl (C=O) groups is 1. The lowest BCUT2D eigenvalue weighted by atomic mass is 10.0. The van der Waals surface area contributed by atoms with E-state index in [1.807, 2.05) is 36.4 Å². The lowest BCUT2D eigenvalue weighted by Gasteiger charge is -2.26. The highest BCUT2D eigenvalue weighted by atomic mass is 16.2. The summed E-state index contributed by atoms with van der Waals surface area (Å²) in [5, 5.41) is 11.2. The number of rotatable bonds is 3. The largest absolute Gasteiger partial charge is 0.339 e. The minimum absolute atomic E-state index is 0.433. The third-order valence-electron chi connectivity index (χ3n) is 5.98. The third kappa shape index (κ3) is 3.88. The van der Waals surface area contributed by atoms with Crippen molar-refractivity contribution in [3.63, 3.8) is 0 Å². The van der Waals surface area contributed by atoms with Gasteiger partial charge < -0.3 is 4.90 Å². The van der Waals surface area contributed by atoms with Crippen molar-refractivity contribution in [2.24, 2.45) is 0 Å². The Balaban J connectivity index is 1.60. The molecule has 1 N–H and O–H groups in total. The van der Waals surface area contributed by atoms with E-state index in [2.05, 4.69) is 22.3 Å². The molecule has 4 rings (SSSR count). The predicted molar refractivity (Wildman–Crippen MR) is 110 cm³/mol. The van der Waals surface area contributed by atoms with Crippen LogP contribution in [0.1, 0.15) is 36.8 Å². The highest BCUT2D eigenvalue weighted by Crippen LogP contribution is 2.31. The summed E-state index contributed by atoms with van der Waals surface area (Å²) in [5.41, 5.74) is 4.26. The molecule has 0 bridgehead atoms. The highest BCUT2D eigenvalue weighted by Gasteiger charge is 2.25. The van der Waals surface area contributed by atoms with Crippen LogP contribution in [0.15, 0.2) is 48.5 Å². The molecule has 1 saturated heterocycles. The van der Waals surface area contributed by atoms with Crippen molar-refractivity contribution in [3.05, 3.63) is 59.7 Å². The van der Waals surface area contributed by atoms with Crippen LogP contribution in [-0.4, -0.2) is 30.1 Å². The Labute approximate surface area is 166 Å². The van der Waals surface area contributed by atoms with Gasteiger partial charge in [-0.1, -0.05) is 24.3 Å². The van der Waals surface area contributed by atoms with E-state index in [9.17, 15) is 4.79 Å². The molecule has 5 heteroatoms. The molecule has 2 aromatic rings. The molecule has 0 unspecified atom stereocenters. The Hall–Kier alpha value is -2.84. The fourth-order valence-corrected chi connectivity index (χ4v) is 4.55. The van der Waals surface area contributed by atoms with Crippen molar-refractivity contribution in [3.8, 4) is 6.19 Å². The van der Waals surface area contributed by atoms with E-state index in [0.29, 0.717) is 6.04 Å². The molecule has 2 aliphatic rings.